The van der Waals surface area contributed by atoms with Gasteiger partial charge in [0.2, 0.25) is 0 Å². The van der Waals surface area contributed by atoms with E-state index in [1.807, 2.05) is 0 Å². The van der Waals surface area contributed by atoms with E-state index in [1.54, 1.807) is 26.0 Å². The molecular weight excluding hydrogens is 220 g/mol. The third-order valence-corrected chi connectivity index (χ3v) is 2.78. The maximum atomic E-state index is 11.7. The molecule has 0 saturated heterocycles. The molecule has 0 aromatic heterocycles. The van der Waals surface area contributed by atoms with E-state index in [-0.39, 0.29) is 6.61 Å². The summed E-state index contributed by atoms with van der Waals surface area (Å²) in [4.78, 5) is 22.7. The van der Waals surface area contributed by atoms with Crippen LogP contribution in [0.2, 0.25) is 0 Å². The lowest BCUT2D eigenvalue weighted by molar-refractivity contribution is -0.149. The van der Waals surface area contributed by atoms with Crippen molar-refractivity contribution in [3.05, 3.63) is 37.0 Å². The molecule has 1 aliphatic carbocycles. The minimum Gasteiger partial charge on any atom is -0.480 e. The van der Waals surface area contributed by atoms with Crippen molar-refractivity contribution in [1.82, 2.24) is 0 Å². The predicted octanol–water partition coefficient (Wildman–Crippen LogP) is 1.94. The summed E-state index contributed by atoms with van der Waals surface area (Å²) in [6, 6.07) is 0. The minimum atomic E-state index is -1.06. The highest BCUT2D eigenvalue weighted by Gasteiger charge is 2.37. The summed E-state index contributed by atoms with van der Waals surface area (Å²) in [7, 11) is 0. The molecular formula is C13H16O4. The Morgan fingerprint density at radius 3 is 2.12 bits per heavy atom. The molecule has 1 aliphatic rings. The summed E-state index contributed by atoms with van der Waals surface area (Å²) in [6.45, 7) is 6.84. The lowest BCUT2D eigenvalue weighted by Gasteiger charge is -2.28. The van der Waals surface area contributed by atoms with Gasteiger partial charge >= 0.3 is 11.9 Å². The monoisotopic (exact) mass is 236 g/mol. The zero-order valence-corrected chi connectivity index (χ0v) is 9.97. The average Bonchev–Trinajstić information content (AvgIpc) is 2.30. The highest BCUT2D eigenvalue weighted by Crippen LogP contribution is 2.34. The number of carbonyl (C=O) groups is 2. The fraction of sp³-hybridized carbons (Fsp3) is 0.385. The van der Waals surface area contributed by atoms with E-state index < -0.39 is 22.8 Å². The number of esters is 1. The van der Waals surface area contributed by atoms with Crippen molar-refractivity contribution in [2.45, 2.75) is 13.8 Å². The topological polar surface area (TPSA) is 63.6 Å². The van der Waals surface area contributed by atoms with Crippen LogP contribution in [0.15, 0.2) is 37.0 Å². The standard InChI is InChI=1S/C13H16O4/c1-4-9-17-11(16)13(3)7-5-12(2,6-8-13)10(14)15/h4-8H,1,9H2,2-3H3,(H,14,15). The summed E-state index contributed by atoms with van der Waals surface area (Å²) in [5.74, 6) is -1.37. The second kappa shape index (κ2) is 4.57. The van der Waals surface area contributed by atoms with Crippen LogP contribution >= 0.6 is 0 Å². The summed E-state index contributed by atoms with van der Waals surface area (Å²) in [5, 5.41) is 9.02. The van der Waals surface area contributed by atoms with Crippen molar-refractivity contribution >= 4 is 11.9 Å². The van der Waals surface area contributed by atoms with Gasteiger partial charge in [0.05, 0.1) is 0 Å². The minimum absolute atomic E-state index is 0.145. The normalized spacial score (nSPS) is 30.9. The lowest BCUT2D eigenvalue weighted by Crippen LogP contribution is -2.32. The van der Waals surface area contributed by atoms with Crippen LogP contribution in [0.25, 0.3) is 0 Å². The second-order valence-electron chi connectivity index (χ2n) is 4.42. The number of ether oxygens (including phenoxy) is 1. The molecule has 0 saturated carbocycles. The Morgan fingerprint density at radius 2 is 1.71 bits per heavy atom. The average molecular weight is 236 g/mol. The maximum absolute atomic E-state index is 11.7. The van der Waals surface area contributed by atoms with Gasteiger partial charge in [-0.3, -0.25) is 9.59 Å². The SMILES string of the molecule is C=CCOC(=O)C1(C)C=CC(C)(C(=O)O)C=C1. The van der Waals surface area contributed by atoms with Gasteiger partial charge in [0.25, 0.3) is 0 Å². The molecule has 92 valence electrons. The van der Waals surface area contributed by atoms with E-state index >= 15 is 0 Å². The van der Waals surface area contributed by atoms with Crippen LogP contribution in [0.3, 0.4) is 0 Å². The summed E-state index contributed by atoms with van der Waals surface area (Å²) in [6.07, 6.45) is 7.62. The summed E-state index contributed by atoms with van der Waals surface area (Å²) in [5.41, 5.74) is -1.96. The lowest BCUT2D eigenvalue weighted by atomic mass is 9.77. The van der Waals surface area contributed by atoms with E-state index in [1.165, 1.54) is 18.2 Å². The van der Waals surface area contributed by atoms with Crippen LogP contribution < -0.4 is 0 Å². The molecule has 4 heteroatoms. The zero-order valence-electron chi connectivity index (χ0n) is 9.97. The fourth-order valence-electron chi connectivity index (χ4n) is 1.37. The third-order valence-electron chi connectivity index (χ3n) is 2.78. The van der Waals surface area contributed by atoms with E-state index in [9.17, 15) is 9.59 Å². The maximum Gasteiger partial charge on any atom is 0.319 e. The Labute approximate surface area is 100 Å². The van der Waals surface area contributed by atoms with Gasteiger partial charge in [0, 0.05) is 0 Å². The first-order chi connectivity index (χ1) is 7.84. The summed E-state index contributed by atoms with van der Waals surface area (Å²) >= 11 is 0. The molecule has 0 unspecified atom stereocenters. The third kappa shape index (κ3) is 2.64. The number of aliphatic carboxylic acids is 1. The Balaban J connectivity index is 2.85. The van der Waals surface area contributed by atoms with Crippen LogP contribution in [-0.2, 0) is 14.3 Å². The Hall–Kier alpha value is -1.84. The van der Waals surface area contributed by atoms with Crippen LogP contribution in [-0.4, -0.2) is 23.7 Å². The zero-order chi connectivity index (χ0) is 13.1. The van der Waals surface area contributed by atoms with Gasteiger partial charge in [-0.15, -0.1) is 0 Å². The molecule has 0 fully saturated rings. The quantitative estimate of drug-likeness (QED) is 0.598. The molecule has 0 aromatic carbocycles. The van der Waals surface area contributed by atoms with Gasteiger partial charge in [-0.2, -0.15) is 0 Å². The van der Waals surface area contributed by atoms with Gasteiger partial charge in [-0.05, 0) is 13.8 Å². The number of hydrogen-bond acceptors (Lipinski definition) is 3. The number of hydrogen-bond donors (Lipinski definition) is 1. The number of carbonyl (C=O) groups excluding carboxylic acids is 1. The van der Waals surface area contributed by atoms with Crippen LogP contribution in [0.4, 0.5) is 0 Å². The van der Waals surface area contributed by atoms with Gasteiger partial charge in [-0.1, -0.05) is 37.0 Å². The second-order valence-corrected chi connectivity index (χ2v) is 4.42. The molecule has 0 aromatic rings. The van der Waals surface area contributed by atoms with Crippen molar-refractivity contribution in [2.24, 2.45) is 10.8 Å². The number of carboxylic acids is 1. The molecule has 4 nitrogen and oxygen atoms in total. The number of rotatable bonds is 4. The smallest absolute Gasteiger partial charge is 0.319 e. The molecule has 1 N–H and O–H groups in total. The van der Waals surface area contributed by atoms with Crippen LogP contribution in [0.1, 0.15) is 13.8 Å². The molecule has 0 heterocycles. The van der Waals surface area contributed by atoms with Crippen molar-refractivity contribution in [3.63, 3.8) is 0 Å². The van der Waals surface area contributed by atoms with Crippen molar-refractivity contribution in [3.8, 4) is 0 Å². The van der Waals surface area contributed by atoms with E-state index in [0.717, 1.165) is 0 Å². The first-order valence-corrected chi connectivity index (χ1v) is 5.26. The largest absolute Gasteiger partial charge is 0.480 e. The Morgan fingerprint density at radius 1 is 1.24 bits per heavy atom. The van der Waals surface area contributed by atoms with E-state index in [4.69, 9.17) is 9.84 Å². The van der Waals surface area contributed by atoms with E-state index in [2.05, 4.69) is 6.58 Å². The molecule has 1 rings (SSSR count). The van der Waals surface area contributed by atoms with Crippen LogP contribution in [0, 0.1) is 10.8 Å². The molecule has 17 heavy (non-hydrogen) atoms. The highest BCUT2D eigenvalue weighted by molar-refractivity contribution is 5.85. The van der Waals surface area contributed by atoms with Crippen molar-refractivity contribution in [1.29, 1.82) is 0 Å². The molecule has 0 amide bonds. The summed E-state index contributed by atoms with van der Waals surface area (Å²) < 4.78 is 4.96. The first-order valence-electron chi connectivity index (χ1n) is 5.26. The molecule has 0 radical (unpaired) electrons. The van der Waals surface area contributed by atoms with Gasteiger partial charge in [0.15, 0.2) is 0 Å². The fourth-order valence-corrected chi connectivity index (χ4v) is 1.37. The van der Waals surface area contributed by atoms with Crippen molar-refractivity contribution in [2.75, 3.05) is 6.61 Å². The molecule has 0 spiro atoms. The van der Waals surface area contributed by atoms with Gasteiger partial charge in [-0.25, -0.2) is 0 Å². The molecule has 0 bridgehead atoms. The number of carboxylic acid groups (broad SMARTS) is 1. The predicted molar refractivity (Wildman–Crippen MR) is 63.3 cm³/mol. The van der Waals surface area contributed by atoms with E-state index in [0.29, 0.717) is 0 Å². The highest BCUT2D eigenvalue weighted by atomic mass is 16.5. The van der Waals surface area contributed by atoms with Gasteiger partial charge < -0.3 is 9.84 Å². The first kappa shape index (κ1) is 13.2. The Kier molecular flexibility index (Phi) is 3.56. The Bertz CT molecular complexity index is 390. The van der Waals surface area contributed by atoms with Crippen molar-refractivity contribution < 1.29 is 19.4 Å². The molecule has 0 atom stereocenters. The van der Waals surface area contributed by atoms with Crippen LogP contribution in [0.5, 0.6) is 0 Å². The molecule has 0 aliphatic heterocycles. The van der Waals surface area contributed by atoms with Gasteiger partial charge in [0.1, 0.15) is 17.4 Å².